The molecule has 4 nitrogen and oxygen atoms in total. The minimum atomic E-state index is -0.333. The highest BCUT2D eigenvalue weighted by Gasteiger charge is 2.51. The van der Waals surface area contributed by atoms with Gasteiger partial charge in [-0.1, -0.05) is 0 Å². The van der Waals surface area contributed by atoms with Gasteiger partial charge in [0.2, 0.25) is 5.91 Å². The summed E-state index contributed by atoms with van der Waals surface area (Å²) in [7, 11) is 0. The van der Waals surface area contributed by atoms with E-state index in [-0.39, 0.29) is 23.2 Å². The predicted octanol–water partition coefficient (Wildman–Crippen LogP) is 1.00. The Labute approximate surface area is 103 Å². The van der Waals surface area contributed by atoms with E-state index in [1.54, 1.807) is 28.4 Å². The van der Waals surface area contributed by atoms with Gasteiger partial charge in [-0.15, -0.1) is 23.5 Å². The molecule has 0 aromatic heterocycles. The largest absolute Gasteiger partial charge is 0.342 e. The molecule has 2 aliphatic rings. The van der Waals surface area contributed by atoms with Crippen LogP contribution in [0.5, 0.6) is 0 Å². The Bertz CT molecular complexity index is 381. The summed E-state index contributed by atoms with van der Waals surface area (Å²) in [6, 6.07) is -0.333. The number of rotatable bonds is 2. The molecule has 2 rings (SSSR count). The van der Waals surface area contributed by atoms with Gasteiger partial charge in [0.1, 0.15) is 11.4 Å². The first-order chi connectivity index (χ1) is 7.56. The molecule has 16 heavy (non-hydrogen) atoms. The van der Waals surface area contributed by atoms with Crippen molar-refractivity contribution >= 4 is 35.3 Å². The van der Waals surface area contributed by atoms with Crippen molar-refractivity contribution in [2.24, 2.45) is 0 Å². The third-order valence-electron chi connectivity index (χ3n) is 2.80. The van der Waals surface area contributed by atoms with Crippen LogP contribution in [-0.4, -0.2) is 40.1 Å². The summed E-state index contributed by atoms with van der Waals surface area (Å²) in [4.78, 5) is 25.9. The van der Waals surface area contributed by atoms with Crippen molar-refractivity contribution in [1.82, 2.24) is 10.2 Å². The second-order valence-electron chi connectivity index (χ2n) is 3.80. The lowest BCUT2D eigenvalue weighted by Crippen LogP contribution is -2.69. The molecule has 2 amide bonds. The number of fused-ring (bicyclic) bond motifs is 1. The molecular formula is C10H14N2O2S2. The predicted molar refractivity (Wildman–Crippen MR) is 66.9 cm³/mol. The smallest absolute Gasteiger partial charge is 0.253 e. The number of carbonyl (C=O) groups is 2. The Hall–Kier alpha value is -0.620. The first kappa shape index (κ1) is 11.9. The van der Waals surface area contributed by atoms with Gasteiger partial charge >= 0.3 is 0 Å². The summed E-state index contributed by atoms with van der Waals surface area (Å²) < 4.78 is 0. The van der Waals surface area contributed by atoms with Crippen LogP contribution >= 0.6 is 23.5 Å². The van der Waals surface area contributed by atoms with Crippen molar-refractivity contribution < 1.29 is 9.59 Å². The van der Waals surface area contributed by atoms with Crippen LogP contribution in [0, 0.1) is 0 Å². The fourth-order valence-electron chi connectivity index (χ4n) is 1.95. The second kappa shape index (κ2) is 4.33. The van der Waals surface area contributed by atoms with Gasteiger partial charge in [0.25, 0.3) is 5.91 Å². The van der Waals surface area contributed by atoms with Crippen molar-refractivity contribution in [3.8, 4) is 0 Å². The third-order valence-corrected chi connectivity index (χ3v) is 5.19. The summed E-state index contributed by atoms with van der Waals surface area (Å²) in [5.41, 5.74) is 1.04. The zero-order valence-corrected chi connectivity index (χ0v) is 11.1. The van der Waals surface area contributed by atoms with Gasteiger partial charge in [0.15, 0.2) is 0 Å². The maximum atomic E-state index is 11.9. The molecule has 0 aromatic carbocycles. The number of hydrogen-bond donors (Lipinski definition) is 1. The molecule has 2 unspecified atom stereocenters. The molecule has 88 valence electrons. The highest BCUT2D eigenvalue weighted by atomic mass is 32.2. The van der Waals surface area contributed by atoms with E-state index < -0.39 is 0 Å². The first-order valence-electron chi connectivity index (χ1n) is 5.01. The van der Waals surface area contributed by atoms with E-state index in [2.05, 4.69) is 5.32 Å². The van der Waals surface area contributed by atoms with Crippen molar-refractivity contribution in [2.45, 2.75) is 25.3 Å². The van der Waals surface area contributed by atoms with Crippen molar-refractivity contribution in [3.05, 3.63) is 10.6 Å². The molecule has 2 atom stereocenters. The highest BCUT2D eigenvalue weighted by molar-refractivity contribution is 8.05. The minimum absolute atomic E-state index is 0.0106. The molecule has 6 heteroatoms. The highest BCUT2D eigenvalue weighted by Crippen LogP contribution is 2.42. The number of nitrogens with zero attached hydrogens (tertiary/aromatic N) is 1. The van der Waals surface area contributed by atoms with E-state index >= 15 is 0 Å². The molecule has 2 heterocycles. The number of amides is 2. The quantitative estimate of drug-likeness (QED) is 0.751. The van der Waals surface area contributed by atoms with Crippen LogP contribution in [0.1, 0.15) is 13.8 Å². The van der Waals surface area contributed by atoms with Crippen LogP contribution in [0.15, 0.2) is 10.6 Å². The monoisotopic (exact) mass is 258 g/mol. The summed E-state index contributed by atoms with van der Waals surface area (Å²) in [6.07, 6.45) is 2.02. The summed E-state index contributed by atoms with van der Waals surface area (Å²) >= 11 is 3.40. The van der Waals surface area contributed by atoms with E-state index in [9.17, 15) is 9.59 Å². The lowest BCUT2D eigenvalue weighted by molar-refractivity contribution is -0.145. The maximum Gasteiger partial charge on any atom is 0.253 e. The zero-order chi connectivity index (χ0) is 11.9. The zero-order valence-electron chi connectivity index (χ0n) is 9.44. The molecule has 0 bridgehead atoms. The molecule has 0 spiro atoms. The first-order valence-corrected chi connectivity index (χ1v) is 7.29. The van der Waals surface area contributed by atoms with Crippen LogP contribution < -0.4 is 5.32 Å². The molecule has 2 aliphatic heterocycles. The lowest BCUT2D eigenvalue weighted by Gasteiger charge is -2.49. The van der Waals surface area contributed by atoms with E-state index in [4.69, 9.17) is 0 Å². The summed E-state index contributed by atoms with van der Waals surface area (Å²) in [5.74, 6) is 0.796. The lowest BCUT2D eigenvalue weighted by atomic mass is 10.1. The van der Waals surface area contributed by atoms with Gasteiger partial charge in [-0.05, 0) is 13.2 Å². The van der Waals surface area contributed by atoms with Crippen LogP contribution in [0.4, 0.5) is 0 Å². The average Bonchev–Trinajstić information content (AvgIpc) is 2.25. The van der Waals surface area contributed by atoms with Gasteiger partial charge in [-0.25, -0.2) is 0 Å². The number of allylic oxidation sites excluding steroid dienone is 1. The Morgan fingerprint density at radius 2 is 2.31 bits per heavy atom. The standard InChI is InChI=1S/C10H14N2O2S2/c1-5-7(15-3)4-16-10-8(11-6(2)13)9(14)12(5)10/h8,10H,4H2,1-3H3,(H,11,13). The Kier molecular flexibility index (Phi) is 3.21. The average molecular weight is 258 g/mol. The fraction of sp³-hybridized carbons (Fsp3) is 0.600. The molecule has 0 radical (unpaired) electrons. The van der Waals surface area contributed by atoms with E-state index in [0.29, 0.717) is 0 Å². The molecular weight excluding hydrogens is 244 g/mol. The SMILES string of the molecule is CSC1=C(C)N2C(=O)C(NC(C)=O)C2SC1. The second-order valence-corrected chi connectivity index (χ2v) is 5.81. The third kappa shape index (κ3) is 1.73. The number of β-lactam (4-membered cyclic amide) rings is 1. The van der Waals surface area contributed by atoms with E-state index in [0.717, 1.165) is 11.4 Å². The summed E-state index contributed by atoms with van der Waals surface area (Å²) in [5, 5.41) is 2.79. The van der Waals surface area contributed by atoms with Gasteiger partial charge in [-0.2, -0.15) is 0 Å². The Balaban J connectivity index is 2.15. The van der Waals surface area contributed by atoms with E-state index in [1.165, 1.54) is 11.8 Å². The molecule has 1 saturated heterocycles. The van der Waals surface area contributed by atoms with E-state index in [1.807, 2.05) is 13.2 Å². The molecule has 0 aliphatic carbocycles. The molecule has 0 aromatic rings. The van der Waals surface area contributed by atoms with Crippen molar-refractivity contribution in [1.29, 1.82) is 0 Å². The Morgan fingerprint density at radius 1 is 1.62 bits per heavy atom. The minimum Gasteiger partial charge on any atom is -0.342 e. The Morgan fingerprint density at radius 3 is 2.88 bits per heavy atom. The molecule has 0 saturated carbocycles. The number of thioether (sulfide) groups is 2. The van der Waals surface area contributed by atoms with Crippen LogP contribution in [0.2, 0.25) is 0 Å². The number of nitrogens with one attached hydrogen (secondary N) is 1. The topological polar surface area (TPSA) is 49.4 Å². The van der Waals surface area contributed by atoms with Crippen LogP contribution in [-0.2, 0) is 9.59 Å². The van der Waals surface area contributed by atoms with Gasteiger partial charge < -0.3 is 5.32 Å². The summed E-state index contributed by atoms with van der Waals surface area (Å²) in [6.45, 7) is 3.42. The van der Waals surface area contributed by atoms with Crippen molar-refractivity contribution in [2.75, 3.05) is 12.0 Å². The molecule has 1 N–H and O–H groups in total. The molecule has 1 fully saturated rings. The number of carbonyl (C=O) groups excluding carboxylic acids is 2. The van der Waals surface area contributed by atoms with Gasteiger partial charge in [0, 0.05) is 23.3 Å². The van der Waals surface area contributed by atoms with Gasteiger partial charge in [0.05, 0.1) is 0 Å². The van der Waals surface area contributed by atoms with Crippen molar-refractivity contribution in [3.63, 3.8) is 0 Å². The van der Waals surface area contributed by atoms with Crippen LogP contribution in [0.3, 0.4) is 0 Å². The number of hydrogen-bond acceptors (Lipinski definition) is 4. The normalized spacial score (nSPS) is 28.7. The van der Waals surface area contributed by atoms with Crippen LogP contribution in [0.25, 0.3) is 0 Å². The van der Waals surface area contributed by atoms with Gasteiger partial charge in [-0.3, -0.25) is 14.5 Å². The maximum absolute atomic E-state index is 11.9. The fourth-order valence-corrected chi connectivity index (χ4v) is 4.34.